The van der Waals surface area contributed by atoms with Crippen molar-refractivity contribution < 1.29 is 14.8 Å². The Kier molecular flexibility index (Phi) is 5.72. The number of halogens is 1. The van der Waals surface area contributed by atoms with E-state index in [2.05, 4.69) is 5.32 Å². The Hall–Kier alpha value is -1.66. The molecule has 0 heterocycles. The number of hydrogen-bond acceptors (Lipinski definition) is 4. The molecule has 0 aliphatic heterocycles. The Labute approximate surface area is 115 Å². The lowest BCUT2D eigenvalue weighted by molar-refractivity contribution is -0.384. The summed E-state index contributed by atoms with van der Waals surface area (Å²) < 4.78 is 0. The summed E-state index contributed by atoms with van der Waals surface area (Å²) in [5.74, 6) is -0.343. The van der Waals surface area contributed by atoms with Crippen LogP contribution in [0.1, 0.15) is 23.7 Å². The maximum Gasteiger partial charge on any atom is 0.270 e. The maximum atomic E-state index is 11.9. The van der Waals surface area contributed by atoms with Gasteiger partial charge in [-0.1, -0.05) is 18.5 Å². The van der Waals surface area contributed by atoms with Gasteiger partial charge in [-0.2, -0.15) is 0 Å². The highest BCUT2D eigenvalue weighted by molar-refractivity contribution is 6.33. The van der Waals surface area contributed by atoms with Crippen LogP contribution in [-0.2, 0) is 0 Å². The number of non-ortho nitro benzene ring substituents is 1. The average Bonchev–Trinajstić information content (AvgIpc) is 2.36. The number of aliphatic hydroxyl groups excluding tert-OH is 1. The van der Waals surface area contributed by atoms with E-state index in [1.807, 2.05) is 6.92 Å². The Morgan fingerprint density at radius 3 is 2.84 bits per heavy atom. The van der Waals surface area contributed by atoms with E-state index in [1.54, 1.807) is 0 Å². The Morgan fingerprint density at radius 1 is 1.58 bits per heavy atom. The standard InChI is InChI=1S/C12H15ClN2O4/c1-8(4-5-16)7-14-12(17)10-6-9(15(18)19)2-3-11(10)13/h2-3,6,8,16H,4-5,7H2,1H3,(H,14,17). The van der Waals surface area contributed by atoms with Gasteiger partial charge in [0.25, 0.3) is 11.6 Å². The van der Waals surface area contributed by atoms with E-state index in [4.69, 9.17) is 16.7 Å². The molecule has 0 fully saturated rings. The topological polar surface area (TPSA) is 92.5 Å². The molecule has 1 atom stereocenters. The predicted octanol–water partition coefficient (Wildman–Crippen LogP) is 2.00. The predicted molar refractivity (Wildman–Crippen MR) is 71.3 cm³/mol. The number of hydrogen-bond donors (Lipinski definition) is 2. The summed E-state index contributed by atoms with van der Waals surface area (Å²) in [7, 11) is 0. The van der Waals surface area contributed by atoms with Crippen LogP contribution in [0.4, 0.5) is 5.69 Å². The van der Waals surface area contributed by atoms with Gasteiger partial charge in [-0.25, -0.2) is 0 Å². The minimum atomic E-state index is -0.582. The van der Waals surface area contributed by atoms with Crippen molar-refractivity contribution in [1.82, 2.24) is 5.32 Å². The highest BCUT2D eigenvalue weighted by Gasteiger charge is 2.16. The third kappa shape index (κ3) is 4.50. The summed E-state index contributed by atoms with van der Waals surface area (Å²) in [6.45, 7) is 2.30. The second-order valence-electron chi connectivity index (χ2n) is 4.25. The number of rotatable bonds is 6. The molecule has 1 aromatic rings. The van der Waals surface area contributed by atoms with Crippen molar-refractivity contribution in [2.75, 3.05) is 13.2 Å². The van der Waals surface area contributed by atoms with Crippen LogP contribution in [0.3, 0.4) is 0 Å². The Balaban J connectivity index is 2.76. The second kappa shape index (κ2) is 7.06. The molecule has 6 nitrogen and oxygen atoms in total. The van der Waals surface area contributed by atoms with Crippen LogP contribution in [0.15, 0.2) is 18.2 Å². The Morgan fingerprint density at radius 2 is 2.26 bits per heavy atom. The van der Waals surface area contributed by atoms with Gasteiger partial charge in [-0.05, 0) is 18.4 Å². The molecule has 0 radical (unpaired) electrons. The molecule has 1 unspecified atom stereocenters. The lowest BCUT2D eigenvalue weighted by Crippen LogP contribution is -2.28. The van der Waals surface area contributed by atoms with Crippen LogP contribution in [-0.4, -0.2) is 29.1 Å². The molecule has 0 spiro atoms. The number of nitro benzene ring substituents is 1. The number of nitro groups is 1. The first kappa shape index (κ1) is 15.4. The van der Waals surface area contributed by atoms with Gasteiger partial charge >= 0.3 is 0 Å². The van der Waals surface area contributed by atoms with Gasteiger partial charge in [0.05, 0.1) is 15.5 Å². The first-order valence-electron chi connectivity index (χ1n) is 5.78. The summed E-state index contributed by atoms with van der Waals surface area (Å²) in [6, 6.07) is 3.72. The number of nitrogens with zero attached hydrogens (tertiary/aromatic N) is 1. The molecule has 104 valence electrons. The molecule has 0 saturated heterocycles. The zero-order valence-corrected chi connectivity index (χ0v) is 11.2. The van der Waals surface area contributed by atoms with Crippen LogP contribution >= 0.6 is 11.6 Å². The normalized spacial score (nSPS) is 11.9. The molecule has 1 aromatic carbocycles. The van der Waals surface area contributed by atoms with Crippen molar-refractivity contribution in [2.45, 2.75) is 13.3 Å². The number of carbonyl (C=O) groups excluding carboxylic acids is 1. The van der Waals surface area contributed by atoms with Gasteiger partial charge < -0.3 is 10.4 Å². The van der Waals surface area contributed by atoms with Crippen LogP contribution in [0.2, 0.25) is 5.02 Å². The summed E-state index contributed by atoms with van der Waals surface area (Å²) >= 11 is 5.85. The van der Waals surface area contributed by atoms with E-state index in [1.165, 1.54) is 12.1 Å². The third-order valence-electron chi connectivity index (χ3n) is 2.64. The molecular formula is C12H15ClN2O4. The van der Waals surface area contributed by atoms with E-state index in [0.29, 0.717) is 13.0 Å². The minimum Gasteiger partial charge on any atom is -0.396 e. The van der Waals surface area contributed by atoms with E-state index >= 15 is 0 Å². The monoisotopic (exact) mass is 286 g/mol. The van der Waals surface area contributed by atoms with Gasteiger partial charge in [-0.15, -0.1) is 0 Å². The number of aliphatic hydroxyl groups is 1. The number of amides is 1. The van der Waals surface area contributed by atoms with Crippen molar-refractivity contribution in [2.24, 2.45) is 5.92 Å². The number of benzene rings is 1. The minimum absolute atomic E-state index is 0.0502. The molecule has 2 N–H and O–H groups in total. The first-order chi connectivity index (χ1) is 8.95. The summed E-state index contributed by atoms with van der Waals surface area (Å²) in [6.07, 6.45) is 0.572. The molecular weight excluding hydrogens is 272 g/mol. The number of carbonyl (C=O) groups is 1. The van der Waals surface area contributed by atoms with Gasteiger partial charge in [0.15, 0.2) is 0 Å². The lowest BCUT2D eigenvalue weighted by Gasteiger charge is -2.11. The fourth-order valence-corrected chi connectivity index (χ4v) is 1.69. The maximum absolute atomic E-state index is 11.9. The smallest absolute Gasteiger partial charge is 0.270 e. The van der Waals surface area contributed by atoms with E-state index < -0.39 is 10.8 Å². The molecule has 1 amide bonds. The van der Waals surface area contributed by atoms with Gasteiger partial charge in [0.2, 0.25) is 0 Å². The summed E-state index contributed by atoms with van der Waals surface area (Å²) in [5.41, 5.74) is -0.106. The molecule has 0 aliphatic rings. The summed E-state index contributed by atoms with van der Waals surface area (Å²) in [5, 5.41) is 22.2. The highest BCUT2D eigenvalue weighted by Crippen LogP contribution is 2.21. The fraction of sp³-hybridized carbons (Fsp3) is 0.417. The SMILES string of the molecule is CC(CCO)CNC(=O)c1cc([N+](=O)[O-])ccc1Cl. The average molecular weight is 287 g/mol. The quantitative estimate of drug-likeness (QED) is 0.618. The molecule has 1 rings (SSSR count). The zero-order valence-electron chi connectivity index (χ0n) is 10.4. The molecule has 0 aliphatic carbocycles. The van der Waals surface area contributed by atoms with Gasteiger partial charge in [0.1, 0.15) is 0 Å². The molecule has 0 bridgehead atoms. The molecule has 0 aromatic heterocycles. The molecule has 0 saturated carbocycles. The van der Waals surface area contributed by atoms with E-state index in [-0.39, 0.29) is 28.8 Å². The van der Waals surface area contributed by atoms with E-state index in [0.717, 1.165) is 6.07 Å². The van der Waals surface area contributed by atoms with Crippen molar-refractivity contribution >= 4 is 23.2 Å². The van der Waals surface area contributed by atoms with Gasteiger partial charge in [0, 0.05) is 25.3 Å². The van der Waals surface area contributed by atoms with Crippen LogP contribution in [0, 0.1) is 16.0 Å². The molecule has 7 heteroatoms. The van der Waals surface area contributed by atoms with Crippen molar-refractivity contribution in [3.63, 3.8) is 0 Å². The second-order valence-corrected chi connectivity index (χ2v) is 4.66. The van der Waals surface area contributed by atoms with Gasteiger partial charge in [-0.3, -0.25) is 14.9 Å². The van der Waals surface area contributed by atoms with Crippen molar-refractivity contribution in [3.8, 4) is 0 Å². The first-order valence-corrected chi connectivity index (χ1v) is 6.16. The fourth-order valence-electron chi connectivity index (χ4n) is 1.49. The third-order valence-corrected chi connectivity index (χ3v) is 2.97. The summed E-state index contributed by atoms with van der Waals surface area (Å²) in [4.78, 5) is 21.9. The van der Waals surface area contributed by atoms with Crippen LogP contribution in [0.5, 0.6) is 0 Å². The highest BCUT2D eigenvalue weighted by atomic mass is 35.5. The van der Waals surface area contributed by atoms with E-state index in [9.17, 15) is 14.9 Å². The van der Waals surface area contributed by atoms with Crippen molar-refractivity contribution in [1.29, 1.82) is 0 Å². The number of nitrogens with one attached hydrogen (secondary N) is 1. The largest absolute Gasteiger partial charge is 0.396 e. The lowest BCUT2D eigenvalue weighted by atomic mass is 10.1. The van der Waals surface area contributed by atoms with Crippen LogP contribution < -0.4 is 5.32 Å². The van der Waals surface area contributed by atoms with Crippen LogP contribution in [0.25, 0.3) is 0 Å². The molecule has 19 heavy (non-hydrogen) atoms. The van der Waals surface area contributed by atoms with Crippen molar-refractivity contribution in [3.05, 3.63) is 38.9 Å². The Bertz CT molecular complexity index is 479. The zero-order chi connectivity index (χ0) is 14.4.